The molecule has 2 N–H and O–H groups in total. The Hall–Kier alpha value is -1.46. The number of aromatic nitrogens is 3. The highest BCUT2D eigenvalue weighted by molar-refractivity contribution is 6.30. The van der Waals surface area contributed by atoms with E-state index in [1.54, 1.807) is 18.3 Å². The van der Waals surface area contributed by atoms with Gasteiger partial charge in [0.05, 0.1) is 10.9 Å². The molecule has 5 nitrogen and oxygen atoms in total. The first kappa shape index (κ1) is 14.9. The molecule has 0 saturated carbocycles. The summed E-state index contributed by atoms with van der Waals surface area (Å²) in [5.74, 6) is 1.08. The van der Waals surface area contributed by atoms with Gasteiger partial charge in [-0.2, -0.15) is 4.98 Å². The maximum atomic E-state index is 5.82. The molecule has 2 heterocycles. The fraction of sp³-hybridized carbons (Fsp3) is 0.500. The highest BCUT2D eigenvalue weighted by Gasteiger charge is 2.24. The Morgan fingerprint density at radius 2 is 2.10 bits per heavy atom. The Balaban J connectivity index is 2.21. The van der Waals surface area contributed by atoms with Gasteiger partial charge >= 0.3 is 0 Å². The summed E-state index contributed by atoms with van der Waals surface area (Å²) in [6, 6.07) is 3.51. The van der Waals surface area contributed by atoms with Gasteiger partial charge in [-0.05, 0) is 24.0 Å². The van der Waals surface area contributed by atoms with Gasteiger partial charge < -0.3 is 10.3 Å². The molecular weight excluding hydrogens is 276 g/mol. The van der Waals surface area contributed by atoms with E-state index >= 15 is 0 Å². The van der Waals surface area contributed by atoms with Crippen LogP contribution in [0.2, 0.25) is 5.02 Å². The summed E-state index contributed by atoms with van der Waals surface area (Å²) in [6.07, 6.45) is 2.45. The van der Waals surface area contributed by atoms with Crippen LogP contribution in [0.1, 0.15) is 39.0 Å². The lowest BCUT2D eigenvalue weighted by atomic mass is 9.84. The molecule has 2 rings (SSSR count). The fourth-order valence-corrected chi connectivity index (χ4v) is 2.14. The molecule has 1 unspecified atom stereocenters. The molecule has 0 bridgehead atoms. The van der Waals surface area contributed by atoms with Crippen molar-refractivity contribution in [2.24, 2.45) is 11.1 Å². The first-order valence-corrected chi connectivity index (χ1v) is 6.92. The normalized spacial score (nSPS) is 13.4. The quantitative estimate of drug-likeness (QED) is 0.936. The molecule has 0 spiro atoms. The Labute approximate surface area is 123 Å². The van der Waals surface area contributed by atoms with Gasteiger partial charge in [-0.3, -0.25) is 4.98 Å². The highest BCUT2D eigenvalue weighted by atomic mass is 35.5. The minimum absolute atomic E-state index is 0.0588. The van der Waals surface area contributed by atoms with Crippen molar-refractivity contribution >= 4 is 11.6 Å². The summed E-state index contributed by atoms with van der Waals surface area (Å²) in [5, 5.41) is 4.54. The van der Waals surface area contributed by atoms with Crippen molar-refractivity contribution in [2.45, 2.75) is 33.1 Å². The van der Waals surface area contributed by atoms with Gasteiger partial charge in [0, 0.05) is 12.7 Å². The van der Waals surface area contributed by atoms with Crippen molar-refractivity contribution in [3.63, 3.8) is 0 Å². The van der Waals surface area contributed by atoms with Crippen molar-refractivity contribution in [1.29, 1.82) is 0 Å². The zero-order valence-electron chi connectivity index (χ0n) is 11.9. The number of nitrogens with zero attached hydrogens (tertiary/aromatic N) is 3. The third-order valence-corrected chi connectivity index (χ3v) is 3.11. The van der Waals surface area contributed by atoms with Crippen LogP contribution in [0.3, 0.4) is 0 Å². The molecule has 0 aliphatic heterocycles. The average molecular weight is 295 g/mol. The summed E-state index contributed by atoms with van der Waals surface area (Å²) < 4.78 is 5.33. The Kier molecular flexibility index (Phi) is 4.40. The van der Waals surface area contributed by atoms with Crippen molar-refractivity contribution in [3.05, 3.63) is 29.2 Å². The average Bonchev–Trinajstić information content (AvgIpc) is 2.85. The first-order valence-electron chi connectivity index (χ1n) is 6.54. The van der Waals surface area contributed by atoms with E-state index in [0.29, 0.717) is 29.0 Å². The number of hydrogen-bond donors (Lipinski definition) is 1. The second-order valence-corrected chi connectivity index (χ2v) is 6.45. The van der Waals surface area contributed by atoms with E-state index in [0.717, 1.165) is 6.42 Å². The molecule has 6 heteroatoms. The van der Waals surface area contributed by atoms with Crippen molar-refractivity contribution in [3.8, 4) is 11.5 Å². The standard InChI is InChI=1S/C14H19ClN4O/c1-14(2,3)6-9(7-16)13-18-12(19-20-13)11-5-4-10(15)8-17-11/h4-5,8-9H,6-7,16H2,1-3H3. The molecule has 2 aromatic rings. The highest BCUT2D eigenvalue weighted by Crippen LogP contribution is 2.30. The second-order valence-electron chi connectivity index (χ2n) is 6.02. The van der Waals surface area contributed by atoms with Crippen LogP contribution in [0, 0.1) is 5.41 Å². The van der Waals surface area contributed by atoms with Crippen LogP contribution in [-0.2, 0) is 0 Å². The molecule has 0 saturated heterocycles. The number of hydrogen-bond acceptors (Lipinski definition) is 5. The van der Waals surface area contributed by atoms with Gasteiger partial charge in [0.25, 0.3) is 0 Å². The Bertz CT molecular complexity index is 559. The largest absolute Gasteiger partial charge is 0.339 e. The van der Waals surface area contributed by atoms with Crippen LogP contribution in [0.4, 0.5) is 0 Å². The predicted molar refractivity (Wildman–Crippen MR) is 78.4 cm³/mol. The fourth-order valence-electron chi connectivity index (χ4n) is 2.02. The molecule has 108 valence electrons. The van der Waals surface area contributed by atoms with Crippen LogP contribution < -0.4 is 5.73 Å². The van der Waals surface area contributed by atoms with Gasteiger partial charge in [-0.25, -0.2) is 0 Å². The van der Waals surface area contributed by atoms with Crippen molar-refractivity contribution in [1.82, 2.24) is 15.1 Å². The van der Waals surface area contributed by atoms with Crippen LogP contribution in [-0.4, -0.2) is 21.7 Å². The molecule has 0 aromatic carbocycles. The van der Waals surface area contributed by atoms with E-state index in [-0.39, 0.29) is 11.3 Å². The van der Waals surface area contributed by atoms with E-state index in [9.17, 15) is 0 Å². The van der Waals surface area contributed by atoms with Crippen molar-refractivity contribution < 1.29 is 4.52 Å². The van der Waals surface area contributed by atoms with Gasteiger partial charge in [-0.15, -0.1) is 0 Å². The van der Waals surface area contributed by atoms with Crippen molar-refractivity contribution in [2.75, 3.05) is 6.54 Å². The molecule has 0 fully saturated rings. The number of nitrogens with two attached hydrogens (primary N) is 1. The number of pyridine rings is 1. The minimum atomic E-state index is 0.0588. The van der Waals surface area contributed by atoms with Gasteiger partial charge in [0.1, 0.15) is 5.69 Å². The second kappa shape index (κ2) is 5.89. The summed E-state index contributed by atoms with van der Waals surface area (Å²) in [4.78, 5) is 8.58. The number of rotatable bonds is 4. The lowest BCUT2D eigenvalue weighted by Crippen LogP contribution is -2.19. The van der Waals surface area contributed by atoms with Crippen LogP contribution in [0.5, 0.6) is 0 Å². The van der Waals surface area contributed by atoms with Crippen LogP contribution in [0.15, 0.2) is 22.9 Å². The SMILES string of the molecule is CC(C)(C)CC(CN)c1nc(-c2ccc(Cl)cn2)no1. The van der Waals surface area contributed by atoms with Gasteiger partial charge in [0.15, 0.2) is 0 Å². The minimum Gasteiger partial charge on any atom is -0.339 e. The summed E-state index contributed by atoms with van der Waals surface area (Å²) in [6.45, 7) is 6.96. The molecule has 0 aliphatic carbocycles. The van der Waals surface area contributed by atoms with E-state index in [4.69, 9.17) is 21.9 Å². The summed E-state index contributed by atoms with van der Waals surface area (Å²) in [5.41, 5.74) is 6.60. The molecule has 0 amide bonds. The maximum Gasteiger partial charge on any atom is 0.231 e. The van der Waals surface area contributed by atoms with Gasteiger partial charge in [-0.1, -0.05) is 37.5 Å². The van der Waals surface area contributed by atoms with E-state index in [1.807, 2.05) is 0 Å². The van der Waals surface area contributed by atoms with Crippen LogP contribution >= 0.6 is 11.6 Å². The smallest absolute Gasteiger partial charge is 0.231 e. The lowest BCUT2D eigenvalue weighted by molar-refractivity contribution is 0.287. The molecule has 2 aromatic heterocycles. The zero-order chi connectivity index (χ0) is 14.8. The lowest BCUT2D eigenvalue weighted by Gasteiger charge is -2.22. The topological polar surface area (TPSA) is 77.8 Å². The summed E-state index contributed by atoms with van der Waals surface area (Å²) >= 11 is 5.81. The molecular formula is C14H19ClN4O. The first-order chi connectivity index (χ1) is 9.39. The van der Waals surface area contributed by atoms with E-state index in [2.05, 4.69) is 35.9 Å². The monoisotopic (exact) mass is 294 g/mol. The molecule has 20 heavy (non-hydrogen) atoms. The predicted octanol–water partition coefficient (Wildman–Crippen LogP) is 3.26. The zero-order valence-corrected chi connectivity index (χ0v) is 12.7. The van der Waals surface area contributed by atoms with E-state index < -0.39 is 0 Å². The molecule has 1 atom stereocenters. The maximum absolute atomic E-state index is 5.82. The van der Waals surface area contributed by atoms with Crippen LogP contribution in [0.25, 0.3) is 11.5 Å². The van der Waals surface area contributed by atoms with E-state index in [1.165, 1.54) is 0 Å². The Morgan fingerprint density at radius 3 is 2.65 bits per heavy atom. The number of halogens is 1. The Morgan fingerprint density at radius 1 is 1.35 bits per heavy atom. The van der Waals surface area contributed by atoms with Gasteiger partial charge in [0.2, 0.25) is 11.7 Å². The molecule has 0 radical (unpaired) electrons. The summed E-state index contributed by atoms with van der Waals surface area (Å²) in [7, 11) is 0. The third-order valence-electron chi connectivity index (χ3n) is 2.89. The third kappa shape index (κ3) is 3.77. The molecule has 0 aliphatic rings.